The highest BCUT2D eigenvalue weighted by Gasteiger charge is 2.36. The van der Waals surface area contributed by atoms with Crippen LogP contribution in [0.15, 0.2) is 0 Å². The molecule has 14 heavy (non-hydrogen) atoms. The maximum atomic E-state index is 5.56. The van der Waals surface area contributed by atoms with Gasteiger partial charge < -0.3 is 4.74 Å². The molecule has 0 aromatic heterocycles. The summed E-state index contributed by atoms with van der Waals surface area (Å²) in [6.07, 6.45) is 8.58. The first kappa shape index (κ1) is 11.9. The van der Waals surface area contributed by atoms with Crippen LogP contribution in [-0.4, -0.2) is 18.8 Å². The molecule has 0 bridgehead atoms. The largest absolute Gasteiger partial charge is 0.370 e. The molecule has 1 rings (SSSR count). The van der Waals surface area contributed by atoms with E-state index < -0.39 is 0 Å². The van der Waals surface area contributed by atoms with Crippen LogP contribution in [0.25, 0.3) is 0 Å². The first-order valence-electron chi connectivity index (χ1n) is 5.72. The molecule has 0 radical (unpaired) electrons. The van der Waals surface area contributed by atoms with E-state index in [2.05, 4.69) is 17.9 Å². The van der Waals surface area contributed by atoms with Crippen LogP contribution in [0.1, 0.15) is 45.4 Å². The second-order valence-electron chi connectivity index (χ2n) is 3.92. The fourth-order valence-corrected chi connectivity index (χ4v) is 1.75. The lowest BCUT2D eigenvalue weighted by Gasteiger charge is -1.99. The van der Waals surface area contributed by atoms with Crippen molar-refractivity contribution in [2.24, 2.45) is 5.84 Å². The first-order chi connectivity index (χ1) is 6.88. The topological polar surface area (TPSA) is 62.6 Å². The van der Waals surface area contributed by atoms with E-state index in [0.717, 1.165) is 19.4 Å². The summed E-state index contributed by atoms with van der Waals surface area (Å²) in [4.78, 5) is 0. The molecule has 1 aliphatic rings. The van der Waals surface area contributed by atoms with Crippen LogP contribution in [0, 0.1) is 0 Å². The van der Waals surface area contributed by atoms with Crippen LogP contribution in [0.3, 0.4) is 0 Å². The van der Waals surface area contributed by atoms with Gasteiger partial charge in [0.05, 0.1) is 12.2 Å². The maximum Gasteiger partial charge on any atom is 0.0842 e. The summed E-state index contributed by atoms with van der Waals surface area (Å²) in [5, 5.41) is 0. The van der Waals surface area contributed by atoms with Gasteiger partial charge in [0.15, 0.2) is 0 Å². The number of nitrogens with two attached hydrogens (primary N) is 1. The van der Waals surface area contributed by atoms with Crippen molar-refractivity contribution >= 4 is 0 Å². The van der Waals surface area contributed by atoms with Crippen molar-refractivity contribution in [2.45, 2.75) is 57.7 Å². The Kier molecular flexibility index (Phi) is 6.10. The molecule has 0 aromatic rings. The molecule has 1 heterocycles. The van der Waals surface area contributed by atoms with Crippen LogP contribution in [-0.2, 0) is 4.74 Å². The highest BCUT2D eigenvalue weighted by atomic mass is 16.6. The van der Waals surface area contributed by atoms with Gasteiger partial charge in [-0.2, -0.15) is 5.53 Å². The molecular formula is C10H23N3O. The summed E-state index contributed by atoms with van der Waals surface area (Å²) in [6, 6.07) is 0. The van der Waals surface area contributed by atoms with E-state index in [9.17, 15) is 0 Å². The monoisotopic (exact) mass is 201 g/mol. The lowest BCUT2D eigenvalue weighted by atomic mass is 10.1. The van der Waals surface area contributed by atoms with Gasteiger partial charge in [0.1, 0.15) is 0 Å². The van der Waals surface area contributed by atoms with Crippen LogP contribution < -0.4 is 16.8 Å². The van der Waals surface area contributed by atoms with Gasteiger partial charge in [0.25, 0.3) is 0 Å². The Balaban J connectivity index is 1.82. The van der Waals surface area contributed by atoms with Crippen molar-refractivity contribution in [1.29, 1.82) is 0 Å². The van der Waals surface area contributed by atoms with E-state index in [0.29, 0.717) is 12.2 Å². The minimum absolute atomic E-state index is 0.534. The number of ether oxygens (including phenoxy) is 1. The fourth-order valence-electron chi connectivity index (χ4n) is 1.75. The third kappa shape index (κ3) is 4.91. The maximum absolute atomic E-state index is 5.56. The lowest BCUT2D eigenvalue weighted by Crippen LogP contribution is -2.38. The normalized spacial score (nSPS) is 25.3. The van der Waals surface area contributed by atoms with E-state index >= 15 is 0 Å². The van der Waals surface area contributed by atoms with Crippen molar-refractivity contribution < 1.29 is 4.74 Å². The van der Waals surface area contributed by atoms with Crippen molar-refractivity contribution in [2.75, 3.05) is 6.54 Å². The molecule has 4 heteroatoms. The van der Waals surface area contributed by atoms with Gasteiger partial charge in [-0.1, -0.05) is 26.2 Å². The Morgan fingerprint density at radius 3 is 2.50 bits per heavy atom. The minimum Gasteiger partial charge on any atom is -0.370 e. The Labute approximate surface area is 86.5 Å². The molecule has 0 aromatic carbocycles. The zero-order chi connectivity index (χ0) is 10.2. The summed E-state index contributed by atoms with van der Waals surface area (Å²) in [7, 11) is 0. The van der Waals surface area contributed by atoms with Crippen LogP contribution in [0.5, 0.6) is 0 Å². The summed E-state index contributed by atoms with van der Waals surface area (Å²) in [5.74, 6) is 5.08. The molecule has 1 saturated heterocycles. The number of rotatable bonds is 9. The highest BCUT2D eigenvalue weighted by molar-refractivity contribution is 4.84. The average molecular weight is 201 g/mol. The molecule has 2 atom stereocenters. The van der Waals surface area contributed by atoms with Gasteiger partial charge in [0, 0.05) is 6.54 Å². The molecule has 4 nitrogen and oxygen atoms in total. The molecule has 0 amide bonds. The SMILES string of the molecule is CCCCCC1OC1CCCNNN. The Hall–Kier alpha value is -0.160. The van der Waals surface area contributed by atoms with Crippen molar-refractivity contribution in [3.8, 4) is 0 Å². The van der Waals surface area contributed by atoms with E-state index in [1.54, 1.807) is 0 Å². The number of hydrogen-bond donors (Lipinski definition) is 3. The zero-order valence-electron chi connectivity index (χ0n) is 9.09. The molecule has 0 saturated carbocycles. The molecule has 2 unspecified atom stereocenters. The van der Waals surface area contributed by atoms with Crippen molar-refractivity contribution in [1.82, 2.24) is 11.0 Å². The molecule has 0 spiro atoms. The molecule has 4 N–H and O–H groups in total. The van der Waals surface area contributed by atoms with Crippen LogP contribution in [0.2, 0.25) is 0 Å². The van der Waals surface area contributed by atoms with Crippen molar-refractivity contribution in [3.05, 3.63) is 0 Å². The van der Waals surface area contributed by atoms with Gasteiger partial charge in [0.2, 0.25) is 0 Å². The Bertz CT molecular complexity index is 143. The fraction of sp³-hybridized carbons (Fsp3) is 1.00. The average Bonchev–Trinajstić information content (AvgIpc) is 2.92. The first-order valence-corrected chi connectivity index (χ1v) is 5.72. The van der Waals surface area contributed by atoms with Crippen LogP contribution in [0.4, 0.5) is 0 Å². The molecule has 0 aliphatic carbocycles. The van der Waals surface area contributed by atoms with E-state index in [-0.39, 0.29) is 0 Å². The number of nitrogens with one attached hydrogen (secondary N) is 2. The lowest BCUT2D eigenvalue weighted by molar-refractivity contribution is 0.348. The molecule has 1 aliphatic heterocycles. The number of unbranched alkanes of at least 4 members (excludes halogenated alkanes) is 2. The van der Waals surface area contributed by atoms with E-state index in [1.165, 1.54) is 25.7 Å². The summed E-state index contributed by atoms with van der Waals surface area (Å²) < 4.78 is 5.56. The third-order valence-corrected chi connectivity index (χ3v) is 2.67. The molecular weight excluding hydrogens is 178 g/mol. The summed E-state index contributed by atoms with van der Waals surface area (Å²) in [6.45, 7) is 3.15. The number of hydrogen-bond acceptors (Lipinski definition) is 4. The molecule has 84 valence electrons. The smallest absolute Gasteiger partial charge is 0.0842 e. The van der Waals surface area contributed by atoms with E-state index in [1.807, 2.05) is 0 Å². The Morgan fingerprint density at radius 2 is 1.86 bits per heavy atom. The van der Waals surface area contributed by atoms with Gasteiger partial charge in [-0.3, -0.25) is 5.84 Å². The Morgan fingerprint density at radius 1 is 1.14 bits per heavy atom. The van der Waals surface area contributed by atoms with Gasteiger partial charge in [-0.15, -0.1) is 0 Å². The number of epoxide rings is 1. The van der Waals surface area contributed by atoms with Gasteiger partial charge >= 0.3 is 0 Å². The predicted octanol–water partition coefficient (Wildman–Crippen LogP) is 1.08. The third-order valence-electron chi connectivity index (χ3n) is 2.67. The zero-order valence-corrected chi connectivity index (χ0v) is 9.09. The standard InChI is InChI=1S/C10H23N3O/c1-2-3-4-6-9-10(14-9)7-5-8-12-13-11/h9-10,12-13H,2-8,11H2,1H3. The van der Waals surface area contributed by atoms with Crippen LogP contribution >= 0.6 is 0 Å². The quantitative estimate of drug-likeness (QED) is 0.226. The van der Waals surface area contributed by atoms with Gasteiger partial charge in [-0.05, 0) is 19.3 Å². The highest BCUT2D eigenvalue weighted by Crippen LogP contribution is 2.30. The minimum atomic E-state index is 0.534. The second kappa shape index (κ2) is 7.17. The van der Waals surface area contributed by atoms with E-state index in [4.69, 9.17) is 10.6 Å². The predicted molar refractivity (Wildman–Crippen MR) is 57.4 cm³/mol. The molecule has 1 fully saturated rings. The summed E-state index contributed by atoms with van der Waals surface area (Å²) >= 11 is 0. The second-order valence-corrected chi connectivity index (χ2v) is 3.92. The van der Waals surface area contributed by atoms with Gasteiger partial charge in [-0.25, -0.2) is 5.43 Å². The summed E-state index contributed by atoms with van der Waals surface area (Å²) in [5.41, 5.74) is 5.29. The van der Waals surface area contributed by atoms with Crippen molar-refractivity contribution in [3.63, 3.8) is 0 Å². The number of hydrazine groups is 2.